The van der Waals surface area contributed by atoms with Crippen LogP contribution in [0.1, 0.15) is 21.7 Å². The lowest BCUT2D eigenvalue weighted by atomic mass is 10.2. The summed E-state index contributed by atoms with van der Waals surface area (Å²) in [6.07, 6.45) is 4.10. The number of hydrogen-bond donors (Lipinski definition) is 3. The summed E-state index contributed by atoms with van der Waals surface area (Å²) in [6, 6.07) is 13.9. The molecule has 0 radical (unpaired) electrons. The summed E-state index contributed by atoms with van der Waals surface area (Å²) in [5.74, 6) is 1.28. The van der Waals surface area contributed by atoms with E-state index in [-0.39, 0.29) is 5.56 Å². The van der Waals surface area contributed by atoms with E-state index in [2.05, 4.69) is 35.9 Å². The van der Waals surface area contributed by atoms with Crippen LogP contribution in [0.2, 0.25) is 0 Å². The van der Waals surface area contributed by atoms with Crippen LogP contribution in [0.4, 0.5) is 33.2 Å². The number of anilines is 5. The van der Waals surface area contributed by atoms with Gasteiger partial charge in [0.05, 0.1) is 11.8 Å². The van der Waals surface area contributed by atoms with E-state index in [0.29, 0.717) is 29.0 Å². The number of carbonyl (C=O) groups excluding carboxylic acids is 1. The van der Waals surface area contributed by atoms with E-state index in [4.69, 9.17) is 0 Å². The first-order valence-corrected chi connectivity index (χ1v) is 9.79. The molecule has 32 heavy (non-hydrogen) atoms. The highest BCUT2D eigenvalue weighted by Gasteiger charge is 2.11. The van der Waals surface area contributed by atoms with Crippen LogP contribution in [0.15, 0.2) is 67.1 Å². The summed E-state index contributed by atoms with van der Waals surface area (Å²) in [7, 11) is 0. The van der Waals surface area contributed by atoms with Crippen molar-refractivity contribution in [1.29, 1.82) is 0 Å². The van der Waals surface area contributed by atoms with Crippen molar-refractivity contribution < 1.29 is 9.18 Å². The quantitative estimate of drug-likeness (QED) is 0.406. The second-order valence-corrected chi connectivity index (χ2v) is 7.04. The van der Waals surface area contributed by atoms with Crippen LogP contribution in [-0.2, 0) is 0 Å². The topological polar surface area (TPSA) is 105 Å². The Morgan fingerprint density at radius 2 is 1.56 bits per heavy atom. The first kappa shape index (κ1) is 20.9. The summed E-state index contributed by atoms with van der Waals surface area (Å²) >= 11 is 0. The average molecular weight is 429 g/mol. The average Bonchev–Trinajstić information content (AvgIpc) is 2.75. The van der Waals surface area contributed by atoms with Crippen LogP contribution in [-0.4, -0.2) is 25.8 Å². The van der Waals surface area contributed by atoms with Crippen molar-refractivity contribution in [3.63, 3.8) is 0 Å². The maximum absolute atomic E-state index is 13.7. The third kappa shape index (κ3) is 5.20. The molecule has 0 fully saturated rings. The Kier molecular flexibility index (Phi) is 5.98. The number of amides is 1. The first-order chi connectivity index (χ1) is 15.5. The van der Waals surface area contributed by atoms with Gasteiger partial charge in [0.2, 0.25) is 0 Å². The minimum atomic E-state index is -0.673. The van der Waals surface area contributed by atoms with Crippen LogP contribution >= 0.6 is 0 Å². The van der Waals surface area contributed by atoms with Gasteiger partial charge in [-0.3, -0.25) is 9.78 Å². The largest absolute Gasteiger partial charge is 0.340 e. The summed E-state index contributed by atoms with van der Waals surface area (Å²) < 4.78 is 13.7. The lowest BCUT2D eigenvalue weighted by Crippen LogP contribution is -2.13. The first-order valence-electron chi connectivity index (χ1n) is 9.79. The van der Waals surface area contributed by atoms with Gasteiger partial charge in [0, 0.05) is 29.8 Å². The van der Waals surface area contributed by atoms with Crippen molar-refractivity contribution in [3.05, 3.63) is 89.9 Å². The molecule has 0 aliphatic rings. The van der Waals surface area contributed by atoms with Crippen LogP contribution < -0.4 is 16.0 Å². The number of halogens is 1. The smallest absolute Gasteiger partial charge is 0.258 e. The molecule has 0 saturated heterocycles. The molecule has 160 valence electrons. The maximum atomic E-state index is 13.7. The molecule has 4 rings (SSSR count). The van der Waals surface area contributed by atoms with E-state index in [1.54, 1.807) is 43.5 Å². The van der Waals surface area contributed by atoms with Gasteiger partial charge in [-0.1, -0.05) is 0 Å². The van der Waals surface area contributed by atoms with Crippen molar-refractivity contribution in [2.24, 2.45) is 0 Å². The molecule has 1 aromatic carbocycles. The molecule has 0 aliphatic heterocycles. The fourth-order valence-corrected chi connectivity index (χ4v) is 2.97. The van der Waals surface area contributed by atoms with Gasteiger partial charge in [-0.2, -0.15) is 0 Å². The summed E-state index contributed by atoms with van der Waals surface area (Å²) in [6.45, 7) is 3.79. The van der Waals surface area contributed by atoms with Crippen molar-refractivity contribution in [2.45, 2.75) is 13.8 Å². The maximum Gasteiger partial charge on any atom is 0.258 e. The van der Waals surface area contributed by atoms with Crippen LogP contribution in [0.5, 0.6) is 0 Å². The van der Waals surface area contributed by atoms with Gasteiger partial charge >= 0.3 is 0 Å². The number of rotatable bonds is 6. The Balaban J connectivity index is 1.44. The van der Waals surface area contributed by atoms with Crippen molar-refractivity contribution >= 4 is 34.7 Å². The number of aryl methyl sites for hydroxylation is 2. The molecule has 0 bridgehead atoms. The van der Waals surface area contributed by atoms with E-state index in [1.807, 2.05) is 19.1 Å². The molecule has 0 spiro atoms. The van der Waals surface area contributed by atoms with Gasteiger partial charge in [0.1, 0.15) is 23.3 Å². The third-order valence-corrected chi connectivity index (χ3v) is 4.44. The molecule has 0 saturated carbocycles. The predicted molar refractivity (Wildman–Crippen MR) is 121 cm³/mol. The Morgan fingerprint density at radius 1 is 0.844 bits per heavy atom. The Morgan fingerprint density at radius 3 is 2.28 bits per heavy atom. The lowest BCUT2D eigenvalue weighted by molar-refractivity contribution is 0.102. The van der Waals surface area contributed by atoms with Crippen molar-refractivity contribution in [1.82, 2.24) is 19.9 Å². The van der Waals surface area contributed by atoms with E-state index in [1.165, 1.54) is 12.3 Å². The third-order valence-electron chi connectivity index (χ3n) is 4.44. The Bertz CT molecular complexity index is 1260. The second kappa shape index (κ2) is 9.17. The second-order valence-electron chi connectivity index (χ2n) is 7.04. The highest BCUT2D eigenvalue weighted by atomic mass is 19.1. The Hall–Kier alpha value is -4.40. The molecule has 1 amide bonds. The summed E-state index contributed by atoms with van der Waals surface area (Å²) in [5.41, 5.74) is 2.31. The Labute approximate surface area is 184 Å². The fourth-order valence-electron chi connectivity index (χ4n) is 2.97. The number of pyridine rings is 2. The van der Waals surface area contributed by atoms with E-state index in [9.17, 15) is 9.18 Å². The number of nitrogens with one attached hydrogen (secondary N) is 3. The number of nitrogens with zero attached hydrogens (tertiary/aromatic N) is 4. The zero-order valence-electron chi connectivity index (χ0n) is 17.4. The van der Waals surface area contributed by atoms with Crippen molar-refractivity contribution in [2.75, 3.05) is 16.0 Å². The lowest BCUT2D eigenvalue weighted by Gasteiger charge is -2.11. The molecule has 9 heteroatoms. The van der Waals surface area contributed by atoms with E-state index >= 15 is 0 Å². The summed E-state index contributed by atoms with van der Waals surface area (Å²) in [4.78, 5) is 29.0. The number of hydrogen-bond acceptors (Lipinski definition) is 7. The zero-order valence-corrected chi connectivity index (χ0v) is 17.4. The molecular weight excluding hydrogens is 409 g/mol. The molecule has 3 N–H and O–H groups in total. The van der Waals surface area contributed by atoms with Crippen LogP contribution in [0.3, 0.4) is 0 Å². The fraction of sp³-hybridized carbons (Fsp3) is 0.0870. The molecule has 3 aromatic heterocycles. The number of carbonyl (C=O) groups is 1. The molecule has 4 aromatic rings. The molecule has 3 heterocycles. The minimum absolute atomic E-state index is 0.0678. The van der Waals surface area contributed by atoms with Gasteiger partial charge in [-0.05, 0) is 61.9 Å². The predicted octanol–water partition coefficient (Wildman–Crippen LogP) is 4.76. The van der Waals surface area contributed by atoms with Gasteiger partial charge in [0.15, 0.2) is 5.82 Å². The number of aromatic nitrogens is 4. The molecule has 0 unspecified atom stereocenters. The van der Waals surface area contributed by atoms with E-state index < -0.39 is 11.7 Å². The van der Waals surface area contributed by atoms with Gasteiger partial charge in [-0.25, -0.2) is 19.3 Å². The van der Waals surface area contributed by atoms with Crippen LogP contribution in [0, 0.1) is 19.7 Å². The SMILES string of the molecule is Cc1ccnc(Nc2cc(Nc3ccc(NC(=O)c4ccncc4F)cc3)nc(C)n2)c1. The molecular formula is C23H20FN7O. The molecule has 8 nitrogen and oxygen atoms in total. The normalized spacial score (nSPS) is 10.5. The molecule has 0 atom stereocenters. The van der Waals surface area contributed by atoms with Crippen LogP contribution in [0.25, 0.3) is 0 Å². The summed E-state index contributed by atoms with van der Waals surface area (Å²) in [5, 5.41) is 9.05. The highest BCUT2D eigenvalue weighted by molar-refractivity contribution is 6.04. The standard InChI is InChI=1S/C23H20FN7O/c1-14-7-10-26-20(11-14)31-22-12-21(27-15(2)28-22)29-16-3-5-17(6-4-16)30-23(32)18-8-9-25-13-19(18)24/h3-13H,1-2H3,(H,30,32)(H2,26,27,28,29,31). The zero-order chi connectivity index (χ0) is 22.5. The van der Waals surface area contributed by atoms with Crippen molar-refractivity contribution in [3.8, 4) is 0 Å². The highest BCUT2D eigenvalue weighted by Crippen LogP contribution is 2.22. The monoisotopic (exact) mass is 429 g/mol. The van der Waals surface area contributed by atoms with Gasteiger partial charge in [0.25, 0.3) is 5.91 Å². The van der Waals surface area contributed by atoms with Gasteiger partial charge < -0.3 is 16.0 Å². The molecule has 0 aliphatic carbocycles. The van der Waals surface area contributed by atoms with E-state index in [0.717, 1.165) is 17.4 Å². The van der Waals surface area contributed by atoms with Gasteiger partial charge in [-0.15, -0.1) is 0 Å². The minimum Gasteiger partial charge on any atom is -0.340 e. The number of benzene rings is 1.